The van der Waals surface area contributed by atoms with Crippen molar-refractivity contribution in [2.75, 3.05) is 6.61 Å². The molecule has 9 heteroatoms. The normalized spacial score (nSPS) is 21.8. The maximum atomic E-state index is 13.9. The highest BCUT2D eigenvalue weighted by molar-refractivity contribution is 6.34. The maximum Gasteiger partial charge on any atom is 0.342 e. The molecule has 0 aliphatic heterocycles. The van der Waals surface area contributed by atoms with Gasteiger partial charge in [0, 0.05) is 10.6 Å². The molecule has 2 heterocycles. The van der Waals surface area contributed by atoms with Gasteiger partial charge in [-0.1, -0.05) is 96.1 Å². The summed E-state index contributed by atoms with van der Waals surface area (Å²) in [6.07, 6.45) is 6.05. The molecule has 0 bridgehead atoms. The lowest BCUT2D eigenvalue weighted by atomic mass is 9.75. The summed E-state index contributed by atoms with van der Waals surface area (Å²) in [5.74, 6) is 1.61. The molecule has 1 fully saturated rings. The molecule has 2 aromatic heterocycles. The van der Waals surface area contributed by atoms with Crippen molar-refractivity contribution in [1.29, 1.82) is 0 Å². The molecular formula is C32H43Cl2N3O4. The lowest BCUT2D eigenvalue weighted by Crippen LogP contribution is -2.37. The Morgan fingerprint density at radius 2 is 1.71 bits per heavy atom. The van der Waals surface area contributed by atoms with Crippen molar-refractivity contribution >= 4 is 34.8 Å². The Labute approximate surface area is 252 Å². The van der Waals surface area contributed by atoms with Gasteiger partial charge < -0.3 is 9.47 Å². The Kier molecular flexibility index (Phi) is 10.5. The number of esters is 1. The number of aromatic nitrogens is 3. The fraction of sp³-hybridized carbons (Fsp3) is 0.594. The number of hydrogen-bond acceptors (Lipinski definition) is 5. The molecular weight excluding hydrogens is 561 g/mol. The van der Waals surface area contributed by atoms with Gasteiger partial charge in [-0.25, -0.2) is 14.0 Å². The van der Waals surface area contributed by atoms with E-state index < -0.39 is 11.7 Å². The van der Waals surface area contributed by atoms with Crippen molar-refractivity contribution in [3.63, 3.8) is 0 Å². The van der Waals surface area contributed by atoms with Gasteiger partial charge in [-0.05, 0) is 66.5 Å². The third-order valence-corrected chi connectivity index (χ3v) is 8.90. The van der Waals surface area contributed by atoms with Crippen molar-refractivity contribution in [2.45, 2.75) is 86.2 Å². The highest BCUT2D eigenvalue weighted by atomic mass is 35.5. The van der Waals surface area contributed by atoms with Crippen molar-refractivity contribution in [1.82, 2.24) is 14.4 Å². The van der Waals surface area contributed by atoms with E-state index in [2.05, 4.69) is 51.5 Å². The molecule has 0 amide bonds. The van der Waals surface area contributed by atoms with Crippen LogP contribution in [-0.2, 0) is 4.74 Å². The Morgan fingerprint density at radius 3 is 2.34 bits per heavy atom. The molecule has 0 radical (unpaired) electrons. The molecule has 1 aliphatic carbocycles. The first-order valence-electron chi connectivity index (χ1n) is 14.9. The van der Waals surface area contributed by atoms with Crippen LogP contribution in [0.5, 0.6) is 6.01 Å². The average Bonchev–Trinajstić information content (AvgIpc) is 3.19. The van der Waals surface area contributed by atoms with E-state index in [1.807, 2.05) is 0 Å². The maximum absolute atomic E-state index is 13.9. The average molecular weight is 605 g/mol. The number of hydrogen-bond donors (Lipinski definition) is 1. The van der Waals surface area contributed by atoms with Crippen LogP contribution in [-0.4, -0.2) is 33.0 Å². The molecule has 41 heavy (non-hydrogen) atoms. The van der Waals surface area contributed by atoms with Gasteiger partial charge in [-0.3, -0.25) is 4.98 Å². The van der Waals surface area contributed by atoms with Crippen LogP contribution >= 0.6 is 23.2 Å². The lowest BCUT2D eigenvalue weighted by Gasteiger charge is -2.37. The second-order valence-electron chi connectivity index (χ2n) is 12.5. The molecule has 1 aliphatic rings. The Morgan fingerprint density at radius 1 is 1.05 bits per heavy atom. The Bertz CT molecular complexity index is 1390. The van der Waals surface area contributed by atoms with E-state index in [4.69, 9.17) is 32.7 Å². The number of nitrogens with zero attached hydrogens (tertiary/aromatic N) is 2. The number of carbonyl (C=O) groups is 1. The van der Waals surface area contributed by atoms with Crippen LogP contribution in [0.2, 0.25) is 10.2 Å². The van der Waals surface area contributed by atoms with Crippen LogP contribution in [0, 0.1) is 29.6 Å². The topological polar surface area (TPSA) is 85.7 Å². The fourth-order valence-corrected chi connectivity index (χ4v) is 6.71. The first-order valence-corrected chi connectivity index (χ1v) is 15.7. The summed E-state index contributed by atoms with van der Waals surface area (Å²) >= 11 is 12.9. The third kappa shape index (κ3) is 7.47. The van der Waals surface area contributed by atoms with Crippen LogP contribution in [0.4, 0.5) is 0 Å². The molecule has 0 spiro atoms. The standard InChI is InChI=1S/C32H43Cl2N3O4/c1-18(2)8-7-9-19(3)14-15-40-31-35-29-26(30(38)41-27-21(5)16-20(4)17-22(27)6)25(23-10-12-24(33)13-11-23)28(34)37(29)32(39)36-31/h10-13,18-22,27H,7-9,14-17H2,1-6H3,(H,35,36,39). The highest BCUT2D eigenvalue weighted by Gasteiger charge is 2.36. The molecule has 1 aromatic carbocycles. The molecule has 3 unspecified atom stereocenters. The van der Waals surface area contributed by atoms with Crippen molar-refractivity contribution in [3.8, 4) is 17.1 Å². The van der Waals surface area contributed by atoms with Crippen molar-refractivity contribution in [2.24, 2.45) is 29.6 Å². The Balaban J connectivity index is 1.67. The van der Waals surface area contributed by atoms with E-state index in [9.17, 15) is 9.59 Å². The van der Waals surface area contributed by atoms with E-state index in [-0.39, 0.29) is 40.3 Å². The van der Waals surface area contributed by atoms with Crippen LogP contribution in [0.1, 0.15) is 90.4 Å². The zero-order valence-electron chi connectivity index (χ0n) is 25.0. The fourth-order valence-electron chi connectivity index (χ4n) is 6.22. The van der Waals surface area contributed by atoms with Crippen LogP contribution in [0.25, 0.3) is 16.8 Å². The first kappa shape index (κ1) is 31.4. The van der Waals surface area contributed by atoms with E-state index in [0.717, 1.165) is 25.7 Å². The zero-order valence-corrected chi connectivity index (χ0v) is 26.5. The number of carbonyl (C=O) groups excluding carboxylic acids is 1. The summed E-state index contributed by atoms with van der Waals surface area (Å²) in [6.45, 7) is 13.5. The second-order valence-corrected chi connectivity index (χ2v) is 13.3. The number of aromatic amines is 1. The summed E-state index contributed by atoms with van der Waals surface area (Å²) < 4.78 is 13.3. The smallest absolute Gasteiger partial charge is 0.342 e. The summed E-state index contributed by atoms with van der Waals surface area (Å²) in [7, 11) is 0. The van der Waals surface area contributed by atoms with E-state index >= 15 is 0 Å². The van der Waals surface area contributed by atoms with E-state index in [0.29, 0.717) is 40.5 Å². The van der Waals surface area contributed by atoms with E-state index in [1.54, 1.807) is 24.3 Å². The number of fused-ring (bicyclic) bond motifs is 1. The minimum absolute atomic E-state index is 0.0518. The van der Waals surface area contributed by atoms with Crippen LogP contribution in [0.15, 0.2) is 29.1 Å². The number of halogens is 2. The summed E-state index contributed by atoms with van der Waals surface area (Å²) in [5, 5.41) is 0.619. The highest BCUT2D eigenvalue weighted by Crippen LogP contribution is 2.39. The summed E-state index contributed by atoms with van der Waals surface area (Å²) in [6, 6.07) is 7.01. The number of benzene rings is 1. The number of ether oxygens (including phenoxy) is 2. The van der Waals surface area contributed by atoms with Gasteiger partial charge in [-0.15, -0.1) is 0 Å². The quantitative estimate of drug-likeness (QED) is 0.222. The molecule has 0 saturated heterocycles. The number of nitrogens with one attached hydrogen (secondary N) is 1. The van der Waals surface area contributed by atoms with Gasteiger partial charge in [0.2, 0.25) is 0 Å². The van der Waals surface area contributed by atoms with Gasteiger partial charge in [0.05, 0.1) is 6.61 Å². The van der Waals surface area contributed by atoms with Gasteiger partial charge in [-0.2, -0.15) is 4.98 Å². The molecule has 3 atom stereocenters. The minimum atomic E-state index is -0.555. The van der Waals surface area contributed by atoms with Crippen molar-refractivity contribution < 1.29 is 14.3 Å². The monoisotopic (exact) mass is 603 g/mol. The molecule has 224 valence electrons. The predicted molar refractivity (Wildman–Crippen MR) is 165 cm³/mol. The molecule has 7 nitrogen and oxygen atoms in total. The largest absolute Gasteiger partial charge is 0.465 e. The van der Waals surface area contributed by atoms with Crippen LogP contribution < -0.4 is 10.4 Å². The predicted octanol–water partition coefficient (Wildman–Crippen LogP) is 8.46. The Hall–Kier alpha value is -2.51. The van der Waals surface area contributed by atoms with Gasteiger partial charge >= 0.3 is 11.7 Å². The van der Waals surface area contributed by atoms with Crippen molar-refractivity contribution in [3.05, 3.63) is 50.5 Å². The molecule has 1 saturated carbocycles. The third-order valence-electron chi connectivity index (χ3n) is 8.29. The van der Waals surface area contributed by atoms with Gasteiger partial charge in [0.1, 0.15) is 16.8 Å². The lowest BCUT2D eigenvalue weighted by molar-refractivity contribution is -0.0250. The van der Waals surface area contributed by atoms with Crippen LogP contribution in [0.3, 0.4) is 0 Å². The second kappa shape index (κ2) is 13.6. The zero-order chi connectivity index (χ0) is 29.8. The summed E-state index contributed by atoms with van der Waals surface area (Å²) in [4.78, 5) is 34.5. The SMILES string of the molecule is CC(C)CCCC(C)CCOc1nc2c(C(=O)OC3C(C)CC(C)CC3C)c(-c3ccc(Cl)cc3)c(Cl)n2c(=O)[nH]1. The first-order chi connectivity index (χ1) is 19.5. The number of H-pyrrole nitrogens is 1. The number of rotatable bonds is 11. The molecule has 1 N–H and O–H groups in total. The van der Waals surface area contributed by atoms with E-state index in [1.165, 1.54) is 17.2 Å². The van der Waals surface area contributed by atoms with Gasteiger partial charge in [0.25, 0.3) is 6.01 Å². The molecule has 3 aromatic rings. The minimum Gasteiger partial charge on any atom is -0.465 e. The molecule has 4 rings (SSSR count). The van der Waals surface area contributed by atoms with Gasteiger partial charge in [0.15, 0.2) is 5.65 Å². The summed E-state index contributed by atoms with van der Waals surface area (Å²) in [5.41, 5.74) is 0.730.